The van der Waals surface area contributed by atoms with Crippen molar-refractivity contribution in [3.05, 3.63) is 111 Å². The highest BCUT2D eigenvalue weighted by Crippen LogP contribution is 2.44. The lowest BCUT2D eigenvalue weighted by Crippen LogP contribution is -2.02. The van der Waals surface area contributed by atoms with Crippen molar-refractivity contribution in [2.75, 3.05) is 5.73 Å². The van der Waals surface area contributed by atoms with Gasteiger partial charge in [0.2, 0.25) is 5.78 Å². The highest BCUT2D eigenvalue weighted by molar-refractivity contribution is 7.21. The molecular weight excluding hydrogens is 470 g/mol. The summed E-state index contributed by atoms with van der Waals surface area (Å²) in [5.74, 6) is -0.220. The molecule has 34 heavy (non-hydrogen) atoms. The number of benzene rings is 3. The molecule has 0 bridgehead atoms. The Morgan fingerprint density at radius 3 is 2.32 bits per heavy atom. The number of fused-ring (bicyclic) bond motifs is 1. The van der Waals surface area contributed by atoms with Gasteiger partial charge in [-0.1, -0.05) is 66.2 Å². The molecule has 0 aliphatic heterocycles. The van der Waals surface area contributed by atoms with Crippen LogP contribution in [0.1, 0.15) is 15.2 Å². The number of halogens is 1. The summed E-state index contributed by atoms with van der Waals surface area (Å²) >= 11 is 7.23. The van der Waals surface area contributed by atoms with Gasteiger partial charge in [0, 0.05) is 33.2 Å². The highest BCUT2D eigenvalue weighted by atomic mass is 35.5. The van der Waals surface area contributed by atoms with E-state index >= 15 is 0 Å². The summed E-state index contributed by atoms with van der Waals surface area (Å²) in [6.45, 7) is 0. The van der Waals surface area contributed by atoms with E-state index in [2.05, 4.69) is 0 Å². The van der Waals surface area contributed by atoms with E-state index in [0.717, 1.165) is 5.56 Å². The number of pyridine rings is 1. The summed E-state index contributed by atoms with van der Waals surface area (Å²) in [6, 6.07) is 24.2. The zero-order valence-electron chi connectivity index (χ0n) is 17.6. The van der Waals surface area contributed by atoms with Crippen LogP contribution in [0.15, 0.2) is 84.9 Å². The minimum atomic E-state index is -0.428. The second kappa shape index (κ2) is 8.70. The third-order valence-electron chi connectivity index (χ3n) is 5.47. The number of nitrogen functional groups attached to an aromatic ring is 1. The van der Waals surface area contributed by atoms with Gasteiger partial charge in [0.25, 0.3) is 5.69 Å². The predicted molar refractivity (Wildman–Crippen MR) is 136 cm³/mol. The first-order valence-electron chi connectivity index (χ1n) is 10.3. The van der Waals surface area contributed by atoms with Crippen molar-refractivity contribution in [1.29, 1.82) is 0 Å². The van der Waals surface area contributed by atoms with Crippen LogP contribution in [-0.4, -0.2) is 15.7 Å². The first-order valence-corrected chi connectivity index (χ1v) is 11.5. The Hall–Kier alpha value is -4.07. The molecule has 0 saturated carbocycles. The van der Waals surface area contributed by atoms with E-state index < -0.39 is 4.92 Å². The summed E-state index contributed by atoms with van der Waals surface area (Å²) in [4.78, 5) is 30.2. The Balaban J connectivity index is 1.81. The first kappa shape index (κ1) is 21.8. The average Bonchev–Trinajstić information content (AvgIpc) is 3.20. The van der Waals surface area contributed by atoms with Gasteiger partial charge in [-0.2, -0.15) is 0 Å². The number of nitrogens with two attached hydrogens (primary N) is 1. The second-order valence-corrected chi connectivity index (χ2v) is 8.99. The molecule has 5 rings (SSSR count). The maximum Gasteiger partial charge on any atom is 0.277 e. The van der Waals surface area contributed by atoms with E-state index in [1.165, 1.54) is 17.4 Å². The third-order valence-corrected chi connectivity index (χ3v) is 6.82. The number of nitrogens with zero attached hydrogens (tertiary/aromatic N) is 2. The largest absolute Gasteiger partial charge is 0.397 e. The average molecular weight is 486 g/mol. The molecule has 0 aliphatic rings. The van der Waals surface area contributed by atoms with Crippen LogP contribution in [0.2, 0.25) is 5.02 Å². The van der Waals surface area contributed by atoms with Crippen molar-refractivity contribution in [2.45, 2.75) is 0 Å². The van der Waals surface area contributed by atoms with Gasteiger partial charge in [0.05, 0.1) is 21.9 Å². The number of aromatic nitrogens is 1. The topological polar surface area (TPSA) is 99.1 Å². The smallest absolute Gasteiger partial charge is 0.277 e. The molecule has 2 N–H and O–H groups in total. The van der Waals surface area contributed by atoms with Crippen molar-refractivity contribution >= 4 is 50.3 Å². The molecular formula is C26H16ClN3O3S. The van der Waals surface area contributed by atoms with E-state index in [4.69, 9.17) is 22.3 Å². The van der Waals surface area contributed by atoms with Gasteiger partial charge in [-0.25, -0.2) is 4.98 Å². The molecule has 0 atom stereocenters. The number of anilines is 1. The highest BCUT2D eigenvalue weighted by Gasteiger charge is 2.25. The summed E-state index contributed by atoms with van der Waals surface area (Å²) < 4.78 is 0. The normalized spacial score (nSPS) is 11.0. The van der Waals surface area contributed by atoms with E-state index in [1.54, 1.807) is 60.7 Å². The van der Waals surface area contributed by atoms with Crippen molar-refractivity contribution in [3.63, 3.8) is 0 Å². The fourth-order valence-electron chi connectivity index (χ4n) is 3.85. The Labute approximate surface area is 203 Å². The number of rotatable bonds is 5. The zero-order chi connectivity index (χ0) is 23.8. The fourth-order valence-corrected chi connectivity index (χ4v) is 5.06. The molecule has 0 spiro atoms. The van der Waals surface area contributed by atoms with Crippen LogP contribution in [-0.2, 0) is 0 Å². The molecule has 2 aromatic heterocycles. The molecule has 5 aromatic rings. The molecule has 2 heterocycles. The van der Waals surface area contributed by atoms with Crippen LogP contribution in [0.4, 0.5) is 11.4 Å². The second-order valence-electron chi connectivity index (χ2n) is 7.56. The van der Waals surface area contributed by atoms with Gasteiger partial charge >= 0.3 is 0 Å². The van der Waals surface area contributed by atoms with Gasteiger partial charge in [-0.15, -0.1) is 11.3 Å². The van der Waals surface area contributed by atoms with E-state index in [-0.39, 0.29) is 17.2 Å². The lowest BCUT2D eigenvalue weighted by atomic mass is 9.97. The van der Waals surface area contributed by atoms with Gasteiger partial charge in [0.15, 0.2) is 0 Å². The third kappa shape index (κ3) is 3.81. The van der Waals surface area contributed by atoms with Gasteiger partial charge in [-0.3, -0.25) is 14.9 Å². The Morgan fingerprint density at radius 1 is 0.941 bits per heavy atom. The number of hydrogen-bond donors (Lipinski definition) is 1. The number of para-hydroxylation sites is 1. The first-order chi connectivity index (χ1) is 16.4. The van der Waals surface area contributed by atoms with Gasteiger partial charge in [0.1, 0.15) is 9.71 Å². The molecule has 3 aromatic carbocycles. The van der Waals surface area contributed by atoms with Gasteiger partial charge < -0.3 is 5.73 Å². The summed E-state index contributed by atoms with van der Waals surface area (Å²) in [6.07, 6.45) is 0. The number of carbonyl (C=O) groups is 1. The summed E-state index contributed by atoms with van der Waals surface area (Å²) in [5, 5.41) is 12.9. The van der Waals surface area contributed by atoms with Crippen molar-refractivity contribution < 1.29 is 9.72 Å². The minimum absolute atomic E-state index is 0.0569. The van der Waals surface area contributed by atoms with Gasteiger partial charge in [-0.05, 0) is 24.3 Å². The SMILES string of the molecule is Nc1c(C(=O)c2ccccc2)sc2nc(-c3ccc(Cl)cc3)cc(-c3ccccc3[N+](=O)[O-])c12. The summed E-state index contributed by atoms with van der Waals surface area (Å²) in [5.41, 5.74) is 9.55. The fraction of sp³-hybridized carbons (Fsp3) is 0. The van der Waals surface area contributed by atoms with E-state index in [0.29, 0.717) is 42.5 Å². The number of nitro benzene ring substituents is 1. The number of thiophene rings is 1. The van der Waals surface area contributed by atoms with Crippen molar-refractivity contribution in [1.82, 2.24) is 4.98 Å². The number of nitro groups is 1. The molecule has 8 heteroatoms. The molecule has 0 fully saturated rings. The van der Waals surface area contributed by atoms with Crippen molar-refractivity contribution in [3.8, 4) is 22.4 Å². The molecule has 0 unspecified atom stereocenters. The van der Waals surface area contributed by atoms with Crippen LogP contribution in [0.3, 0.4) is 0 Å². The van der Waals surface area contributed by atoms with Crippen LogP contribution >= 0.6 is 22.9 Å². The standard InChI is InChI=1S/C26H16ClN3O3S/c27-17-12-10-15(11-13-17)20-14-19(18-8-4-5-9-21(18)30(32)33)22-23(28)25(34-26(22)29-20)24(31)16-6-2-1-3-7-16/h1-14H,28H2. The molecule has 0 amide bonds. The van der Waals surface area contributed by atoms with Crippen molar-refractivity contribution in [2.24, 2.45) is 0 Å². The lowest BCUT2D eigenvalue weighted by Gasteiger charge is -2.09. The Bertz CT molecular complexity index is 1560. The molecule has 166 valence electrons. The molecule has 0 aliphatic carbocycles. The lowest BCUT2D eigenvalue weighted by molar-refractivity contribution is -0.384. The number of carbonyl (C=O) groups excluding carboxylic acids is 1. The van der Waals surface area contributed by atoms with E-state index in [1.807, 2.05) is 18.2 Å². The van der Waals surface area contributed by atoms with E-state index in [9.17, 15) is 14.9 Å². The van der Waals surface area contributed by atoms with Crippen LogP contribution < -0.4 is 5.73 Å². The Morgan fingerprint density at radius 2 is 1.62 bits per heavy atom. The Kier molecular flexibility index (Phi) is 5.57. The zero-order valence-corrected chi connectivity index (χ0v) is 19.1. The molecule has 0 radical (unpaired) electrons. The molecule has 6 nitrogen and oxygen atoms in total. The monoisotopic (exact) mass is 485 g/mol. The van der Waals surface area contributed by atoms with Crippen LogP contribution in [0.5, 0.6) is 0 Å². The quantitative estimate of drug-likeness (QED) is 0.164. The molecule has 0 saturated heterocycles. The predicted octanol–water partition coefficient (Wildman–Crippen LogP) is 7.01. The maximum atomic E-state index is 13.2. The summed E-state index contributed by atoms with van der Waals surface area (Å²) in [7, 11) is 0. The van der Waals surface area contributed by atoms with Crippen LogP contribution in [0, 0.1) is 10.1 Å². The maximum absolute atomic E-state index is 13.2. The van der Waals surface area contributed by atoms with Crippen LogP contribution in [0.25, 0.3) is 32.6 Å². The minimum Gasteiger partial charge on any atom is -0.397 e. The number of hydrogen-bond acceptors (Lipinski definition) is 6. The number of ketones is 1.